The van der Waals surface area contributed by atoms with Crippen molar-refractivity contribution in [1.29, 1.82) is 0 Å². The van der Waals surface area contributed by atoms with Gasteiger partial charge in [0.15, 0.2) is 0 Å². The van der Waals surface area contributed by atoms with Gasteiger partial charge in [-0.3, -0.25) is 0 Å². The molecule has 1 atom stereocenters. The summed E-state index contributed by atoms with van der Waals surface area (Å²) >= 11 is 0. The van der Waals surface area contributed by atoms with E-state index in [9.17, 15) is 0 Å². The van der Waals surface area contributed by atoms with Crippen molar-refractivity contribution in [3.63, 3.8) is 0 Å². The Morgan fingerprint density at radius 3 is 2.81 bits per heavy atom. The summed E-state index contributed by atoms with van der Waals surface area (Å²) in [6, 6.07) is 9.12. The summed E-state index contributed by atoms with van der Waals surface area (Å²) in [7, 11) is 0. The van der Waals surface area contributed by atoms with Crippen molar-refractivity contribution < 1.29 is 4.74 Å². The maximum absolute atomic E-state index is 5.83. The Labute approximate surface area is 97.8 Å². The second kappa shape index (κ2) is 5.46. The lowest BCUT2D eigenvalue weighted by molar-refractivity contribution is 0.0853. The van der Waals surface area contributed by atoms with E-state index in [0.717, 1.165) is 32.5 Å². The second-order valence-electron chi connectivity index (χ2n) is 4.81. The maximum atomic E-state index is 5.83. The fraction of sp³-hybridized carbons (Fsp3) is 0.571. The largest absolute Gasteiger partial charge is 0.381 e. The fourth-order valence-electron chi connectivity index (χ4n) is 2.38. The van der Waals surface area contributed by atoms with Crippen molar-refractivity contribution in [2.24, 2.45) is 5.73 Å². The summed E-state index contributed by atoms with van der Waals surface area (Å²) in [5.41, 5.74) is 8.65. The van der Waals surface area contributed by atoms with Gasteiger partial charge in [0.05, 0.1) is 0 Å². The Morgan fingerprint density at radius 2 is 2.12 bits per heavy atom. The molecule has 1 heterocycles. The predicted molar refractivity (Wildman–Crippen MR) is 66.6 cm³/mol. The van der Waals surface area contributed by atoms with Crippen LogP contribution in [0.3, 0.4) is 0 Å². The van der Waals surface area contributed by atoms with Gasteiger partial charge in [0, 0.05) is 19.3 Å². The Bertz CT molecular complexity index is 329. The van der Waals surface area contributed by atoms with Crippen LogP contribution in [0.2, 0.25) is 0 Å². The van der Waals surface area contributed by atoms with E-state index < -0.39 is 0 Å². The summed E-state index contributed by atoms with van der Waals surface area (Å²) < 4.78 is 5.40. The molecule has 1 aromatic carbocycles. The van der Waals surface area contributed by atoms with E-state index in [4.69, 9.17) is 10.5 Å². The molecular weight excluding hydrogens is 198 g/mol. The number of nitrogens with two attached hydrogens (primary N) is 1. The van der Waals surface area contributed by atoms with E-state index >= 15 is 0 Å². The zero-order valence-corrected chi connectivity index (χ0v) is 9.99. The van der Waals surface area contributed by atoms with Gasteiger partial charge in [-0.2, -0.15) is 0 Å². The zero-order chi connectivity index (χ0) is 11.4. The minimum Gasteiger partial charge on any atom is -0.381 e. The predicted octanol–water partition coefficient (Wildman–Crippen LogP) is 2.47. The summed E-state index contributed by atoms with van der Waals surface area (Å²) in [6.45, 7) is 3.87. The van der Waals surface area contributed by atoms with Crippen molar-refractivity contribution >= 4 is 0 Å². The molecule has 1 unspecified atom stereocenters. The number of hydrogen-bond acceptors (Lipinski definition) is 2. The van der Waals surface area contributed by atoms with Crippen molar-refractivity contribution in [1.82, 2.24) is 0 Å². The Morgan fingerprint density at radius 1 is 1.38 bits per heavy atom. The van der Waals surface area contributed by atoms with Crippen LogP contribution in [-0.2, 0) is 11.2 Å². The average Bonchev–Trinajstić information content (AvgIpc) is 2.30. The Balaban J connectivity index is 2.08. The molecule has 0 spiro atoms. The highest BCUT2D eigenvalue weighted by atomic mass is 16.5. The standard InChI is InChI=1S/C14H21NO/c1-11(15)9-12-3-2-4-14(10-12)13-5-7-16-8-6-13/h2-4,10-11,13H,5-9,15H2,1H3. The van der Waals surface area contributed by atoms with Gasteiger partial charge in [0.2, 0.25) is 0 Å². The van der Waals surface area contributed by atoms with Crippen LogP contribution in [0.15, 0.2) is 24.3 Å². The van der Waals surface area contributed by atoms with Crippen LogP contribution in [0.5, 0.6) is 0 Å². The van der Waals surface area contributed by atoms with Gasteiger partial charge in [-0.25, -0.2) is 0 Å². The van der Waals surface area contributed by atoms with Crippen LogP contribution in [0.25, 0.3) is 0 Å². The maximum Gasteiger partial charge on any atom is 0.0471 e. The van der Waals surface area contributed by atoms with Gasteiger partial charge in [-0.1, -0.05) is 24.3 Å². The number of benzene rings is 1. The third-order valence-corrected chi connectivity index (χ3v) is 3.20. The molecule has 1 aliphatic rings. The van der Waals surface area contributed by atoms with Crippen molar-refractivity contribution in [3.05, 3.63) is 35.4 Å². The molecule has 1 fully saturated rings. The molecule has 1 aromatic rings. The molecule has 0 bridgehead atoms. The highest BCUT2D eigenvalue weighted by Gasteiger charge is 2.15. The lowest BCUT2D eigenvalue weighted by atomic mass is 9.90. The average molecular weight is 219 g/mol. The number of hydrogen-bond donors (Lipinski definition) is 1. The Hall–Kier alpha value is -0.860. The molecule has 2 rings (SSSR count). The lowest BCUT2D eigenvalue weighted by Gasteiger charge is -2.23. The topological polar surface area (TPSA) is 35.2 Å². The highest BCUT2D eigenvalue weighted by Crippen LogP contribution is 2.27. The van der Waals surface area contributed by atoms with E-state index in [0.29, 0.717) is 5.92 Å². The molecule has 0 amide bonds. The fourth-order valence-corrected chi connectivity index (χ4v) is 2.38. The quantitative estimate of drug-likeness (QED) is 0.847. The molecule has 2 N–H and O–H groups in total. The normalized spacial score (nSPS) is 19.6. The van der Waals surface area contributed by atoms with Gasteiger partial charge in [0.25, 0.3) is 0 Å². The first kappa shape index (κ1) is 11.6. The minimum absolute atomic E-state index is 0.241. The first-order valence-electron chi connectivity index (χ1n) is 6.18. The molecule has 1 aliphatic heterocycles. The molecule has 0 saturated carbocycles. The third-order valence-electron chi connectivity index (χ3n) is 3.20. The van der Waals surface area contributed by atoms with Crippen LogP contribution >= 0.6 is 0 Å². The smallest absolute Gasteiger partial charge is 0.0471 e. The summed E-state index contributed by atoms with van der Waals surface area (Å²) in [4.78, 5) is 0. The van der Waals surface area contributed by atoms with Crippen molar-refractivity contribution in [2.45, 2.75) is 38.1 Å². The van der Waals surface area contributed by atoms with E-state index in [1.807, 2.05) is 0 Å². The molecule has 2 heteroatoms. The van der Waals surface area contributed by atoms with Gasteiger partial charge in [-0.15, -0.1) is 0 Å². The van der Waals surface area contributed by atoms with Crippen molar-refractivity contribution in [3.8, 4) is 0 Å². The van der Waals surface area contributed by atoms with Crippen molar-refractivity contribution in [2.75, 3.05) is 13.2 Å². The SMILES string of the molecule is CC(N)Cc1cccc(C2CCOCC2)c1. The molecule has 88 valence electrons. The second-order valence-corrected chi connectivity index (χ2v) is 4.81. The van der Waals surface area contributed by atoms with Crippen LogP contribution in [-0.4, -0.2) is 19.3 Å². The first-order chi connectivity index (χ1) is 7.75. The van der Waals surface area contributed by atoms with Crippen LogP contribution in [0.4, 0.5) is 0 Å². The van der Waals surface area contributed by atoms with Crippen LogP contribution < -0.4 is 5.73 Å². The molecule has 16 heavy (non-hydrogen) atoms. The van der Waals surface area contributed by atoms with Crippen LogP contribution in [0.1, 0.15) is 36.8 Å². The van der Waals surface area contributed by atoms with Gasteiger partial charge >= 0.3 is 0 Å². The molecule has 0 radical (unpaired) electrons. The van der Waals surface area contributed by atoms with E-state index in [1.54, 1.807) is 0 Å². The molecular formula is C14H21NO. The summed E-state index contributed by atoms with van der Waals surface area (Å²) in [6.07, 6.45) is 3.28. The lowest BCUT2D eigenvalue weighted by Crippen LogP contribution is -2.18. The molecule has 1 saturated heterocycles. The minimum atomic E-state index is 0.241. The highest BCUT2D eigenvalue weighted by molar-refractivity contribution is 5.27. The monoisotopic (exact) mass is 219 g/mol. The van der Waals surface area contributed by atoms with Gasteiger partial charge in [0.1, 0.15) is 0 Å². The van der Waals surface area contributed by atoms with E-state index in [2.05, 4.69) is 31.2 Å². The molecule has 2 nitrogen and oxygen atoms in total. The number of rotatable bonds is 3. The third kappa shape index (κ3) is 3.06. The van der Waals surface area contributed by atoms with Gasteiger partial charge in [-0.05, 0) is 43.2 Å². The molecule has 0 aromatic heterocycles. The first-order valence-corrected chi connectivity index (χ1v) is 6.18. The van der Waals surface area contributed by atoms with E-state index in [-0.39, 0.29) is 6.04 Å². The summed E-state index contributed by atoms with van der Waals surface area (Å²) in [5, 5.41) is 0. The van der Waals surface area contributed by atoms with Crippen LogP contribution in [0, 0.1) is 0 Å². The number of ether oxygens (including phenoxy) is 1. The Kier molecular flexibility index (Phi) is 3.97. The van der Waals surface area contributed by atoms with E-state index in [1.165, 1.54) is 11.1 Å². The zero-order valence-electron chi connectivity index (χ0n) is 9.99. The van der Waals surface area contributed by atoms with Gasteiger partial charge < -0.3 is 10.5 Å². The summed E-state index contributed by atoms with van der Waals surface area (Å²) in [5.74, 6) is 0.682. The molecule has 0 aliphatic carbocycles.